The Morgan fingerprint density at radius 1 is 1.20 bits per heavy atom. The third kappa shape index (κ3) is 2.97. The molecule has 0 saturated heterocycles. The van der Waals surface area contributed by atoms with Gasteiger partial charge in [0.1, 0.15) is 0 Å². The fourth-order valence-electron chi connectivity index (χ4n) is 3.28. The number of aromatic nitrogens is 2. The van der Waals surface area contributed by atoms with Crippen molar-refractivity contribution in [2.45, 2.75) is 25.8 Å². The molecule has 1 aliphatic rings. The molecule has 0 aliphatic heterocycles. The van der Waals surface area contributed by atoms with Crippen LogP contribution in [0.2, 0.25) is 0 Å². The number of imidazole rings is 1. The number of hydrogen-bond donors (Lipinski definition) is 2. The van der Waals surface area contributed by atoms with Crippen LogP contribution in [0.5, 0.6) is 0 Å². The summed E-state index contributed by atoms with van der Waals surface area (Å²) in [6, 6.07) is 13.7. The molecule has 1 fully saturated rings. The third-order valence-corrected chi connectivity index (χ3v) is 4.98. The Hall–Kier alpha value is -2.82. The number of benzene rings is 2. The van der Waals surface area contributed by atoms with Gasteiger partial charge >= 0.3 is 5.69 Å². The van der Waals surface area contributed by atoms with Crippen LogP contribution in [0.3, 0.4) is 0 Å². The number of nitrogens with one attached hydrogen (secondary N) is 2. The van der Waals surface area contributed by atoms with Crippen LogP contribution < -0.4 is 11.0 Å². The molecule has 1 atom stereocenters. The van der Waals surface area contributed by atoms with Gasteiger partial charge in [-0.05, 0) is 49.4 Å². The Balaban J connectivity index is 1.61. The predicted octanol–water partition coefficient (Wildman–Crippen LogP) is 3.06. The molecule has 25 heavy (non-hydrogen) atoms. The smallest absolute Gasteiger partial charge is 0.326 e. The maximum Gasteiger partial charge on any atom is 0.326 e. The molecule has 5 heteroatoms. The van der Waals surface area contributed by atoms with Crippen LogP contribution in [-0.2, 0) is 7.05 Å². The third-order valence-electron chi connectivity index (χ3n) is 4.98. The number of H-pyrrole nitrogens is 1. The van der Waals surface area contributed by atoms with Crippen LogP contribution in [0.15, 0.2) is 47.3 Å². The summed E-state index contributed by atoms with van der Waals surface area (Å²) >= 11 is 0. The second-order valence-electron chi connectivity index (χ2n) is 6.92. The topological polar surface area (TPSA) is 66.9 Å². The van der Waals surface area contributed by atoms with Gasteiger partial charge in [0.15, 0.2) is 0 Å². The lowest BCUT2D eigenvalue weighted by Crippen LogP contribution is -2.29. The first-order chi connectivity index (χ1) is 12.0. The van der Waals surface area contributed by atoms with Crippen LogP contribution in [0.4, 0.5) is 0 Å². The Bertz CT molecular complexity index is 994. The summed E-state index contributed by atoms with van der Waals surface area (Å²) in [5.41, 5.74) is 4.21. The van der Waals surface area contributed by atoms with Gasteiger partial charge in [-0.15, -0.1) is 0 Å². The van der Waals surface area contributed by atoms with Crippen molar-refractivity contribution in [3.63, 3.8) is 0 Å². The highest BCUT2D eigenvalue weighted by molar-refractivity contribution is 5.97. The van der Waals surface area contributed by atoms with Crippen LogP contribution in [-0.4, -0.2) is 15.5 Å². The van der Waals surface area contributed by atoms with Gasteiger partial charge in [0.2, 0.25) is 0 Å². The lowest BCUT2D eigenvalue weighted by molar-refractivity contribution is 0.0932. The van der Waals surface area contributed by atoms with Crippen molar-refractivity contribution in [3.8, 4) is 0 Å². The van der Waals surface area contributed by atoms with Crippen molar-refractivity contribution in [2.75, 3.05) is 0 Å². The largest absolute Gasteiger partial charge is 0.345 e. The zero-order valence-electron chi connectivity index (χ0n) is 14.4. The molecule has 128 valence electrons. The summed E-state index contributed by atoms with van der Waals surface area (Å²) in [5, 5.41) is 3.18. The van der Waals surface area contributed by atoms with E-state index >= 15 is 0 Å². The highest BCUT2D eigenvalue weighted by Crippen LogP contribution is 2.41. The molecule has 4 rings (SSSR count). The standard InChI is InChI=1S/C20H21N3O2/c1-12-3-5-13(6-4-12)18(14-7-8-14)22-19(24)15-9-10-17-16(11-15)21-20(25)23(17)2/h3-6,9-11,14,18H,7-8H2,1-2H3,(H,21,25)(H,22,24). The molecule has 3 aromatic rings. The summed E-state index contributed by atoms with van der Waals surface area (Å²) in [6.07, 6.45) is 2.29. The van der Waals surface area contributed by atoms with Crippen LogP contribution in [0, 0.1) is 12.8 Å². The molecule has 2 aromatic carbocycles. The Morgan fingerprint density at radius 3 is 2.60 bits per heavy atom. The van der Waals surface area contributed by atoms with E-state index in [0.29, 0.717) is 17.0 Å². The quantitative estimate of drug-likeness (QED) is 0.769. The molecule has 1 heterocycles. The van der Waals surface area contributed by atoms with Crippen molar-refractivity contribution in [1.82, 2.24) is 14.9 Å². The number of rotatable bonds is 4. The van der Waals surface area contributed by atoms with Crippen molar-refractivity contribution >= 4 is 16.9 Å². The molecular formula is C20H21N3O2. The minimum atomic E-state index is -0.178. The van der Waals surface area contributed by atoms with Crippen molar-refractivity contribution in [3.05, 3.63) is 69.6 Å². The van der Waals surface area contributed by atoms with Crippen LogP contribution >= 0.6 is 0 Å². The average molecular weight is 335 g/mol. The van der Waals surface area contributed by atoms with Gasteiger partial charge in [0, 0.05) is 12.6 Å². The van der Waals surface area contributed by atoms with E-state index in [2.05, 4.69) is 41.5 Å². The molecule has 1 unspecified atom stereocenters. The summed E-state index contributed by atoms with van der Waals surface area (Å²) < 4.78 is 1.54. The first-order valence-corrected chi connectivity index (χ1v) is 8.59. The number of nitrogens with zero attached hydrogens (tertiary/aromatic N) is 1. The number of aromatic amines is 1. The second kappa shape index (κ2) is 5.92. The molecule has 1 aromatic heterocycles. The van der Waals surface area contributed by atoms with E-state index < -0.39 is 0 Å². The van der Waals surface area contributed by atoms with Crippen LogP contribution in [0.25, 0.3) is 11.0 Å². The van der Waals surface area contributed by atoms with Crippen molar-refractivity contribution in [2.24, 2.45) is 13.0 Å². The lowest BCUT2D eigenvalue weighted by atomic mass is 10.0. The summed E-state index contributed by atoms with van der Waals surface area (Å²) in [7, 11) is 1.71. The molecule has 5 nitrogen and oxygen atoms in total. The van der Waals surface area contributed by atoms with Crippen molar-refractivity contribution < 1.29 is 4.79 Å². The fourth-order valence-corrected chi connectivity index (χ4v) is 3.28. The molecule has 0 spiro atoms. The van der Waals surface area contributed by atoms with Gasteiger partial charge in [-0.25, -0.2) is 4.79 Å². The summed E-state index contributed by atoms with van der Waals surface area (Å²) in [6.45, 7) is 2.06. The van der Waals surface area contributed by atoms with E-state index in [0.717, 1.165) is 23.9 Å². The van der Waals surface area contributed by atoms with Crippen molar-refractivity contribution in [1.29, 1.82) is 0 Å². The lowest BCUT2D eigenvalue weighted by Gasteiger charge is -2.19. The van der Waals surface area contributed by atoms with Gasteiger partial charge in [-0.1, -0.05) is 29.8 Å². The molecule has 0 radical (unpaired) electrons. The molecular weight excluding hydrogens is 314 g/mol. The van der Waals surface area contributed by atoms with Gasteiger partial charge in [0.05, 0.1) is 17.1 Å². The number of aryl methyl sites for hydroxylation is 2. The highest BCUT2D eigenvalue weighted by atomic mass is 16.2. The Morgan fingerprint density at radius 2 is 1.92 bits per heavy atom. The number of amides is 1. The zero-order chi connectivity index (χ0) is 17.6. The second-order valence-corrected chi connectivity index (χ2v) is 6.92. The van der Waals surface area contributed by atoms with E-state index in [4.69, 9.17) is 0 Å². The van der Waals surface area contributed by atoms with Crippen LogP contribution in [0.1, 0.15) is 40.4 Å². The normalized spacial score (nSPS) is 15.3. The number of hydrogen-bond acceptors (Lipinski definition) is 2. The van der Waals surface area contributed by atoms with Gasteiger partial charge in [-0.3, -0.25) is 9.36 Å². The number of carbonyl (C=O) groups is 1. The van der Waals surface area contributed by atoms with E-state index in [-0.39, 0.29) is 17.6 Å². The maximum atomic E-state index is 12.8. The Labute approximate surface area is 145 Å². The maximum absolute atomic E-state index is 12.8. The SMILES string of the molecule is Cc1ccc(C(NC(=O)c2ccc3c(c2)[nH]c(=O)n3C)C2CC2)cc1. The molecule has 0 bridgehead atoms. The van der Waals surface area contributed by atoms with Gasteiger partial charge < -0.3 is 10.3 Å². The highest BCUT2D eigenvalue weighted by Gasteiger charge is 2.33. The number of carbonyl (C=O) groups excluding carboxylic acids is 1. The monoisotopic (exact) mass is 335 g/mol. The first kappa shape index (κ1) is 15.7. The summed E-state index contributed by atoms with van der Waals surface area (Å²) in [5.74, 6) is 0.399. The molecule has 1 aliphatic carbocycles. The predicted molar refractivity (Wildman–Crippen MR) is 97.6 cm³/mol. The van der Waals surface area contributed by atoms with E-state index in [1.807, 2.05) is 0 Å². The van der Waals surface area contributed by atoms with E-state index in [1.165, 1.54) is 10.1 Å². The minimum Gasteiger partial charge on any atom is -0.345 e. The zero-order valence-corrected chi connectivity index (χ0v) is 14.4. The van der Waals surface area contributed by atoms with E-state index in [9.17, 15) is 9.59 Å². The Kier molecular flexibility index (Phi) is 3.71. The van der Waals surface area contributed by atoms with E-state index in [1.54, 1.807) is 25.2 Å². The summed E-state index contributed by atoms with van der Waals surface area (Å²) in [4.78, 5) is 27.2. The number of fused-ring (bicyclic) bond motifs is 1. The molecule has 1 saturated carbocycles. The molecule has 2 N–H and O–H groups in total. The first-order valence-electron chi connectivity index (χ1n) is 8.59. The van der Waals surface area contributed by atoms with Gasteiger partial charge in [0.25, 0.3) is 5.91 Å². The van der Waals surface area contributed by atoms with Gasteiger partial charge in [-0.2, -0.15) is 0 Å². The minimum absolute atomic E-state index is 0.0404. The average Bonchev–Trinajstić information content (AvgIpc) is 3.40. The fraction of sp³-hybridized carbons (Fsp3) is 0.300. The molecule has 1 amide bonds.